The number of halogens is 1. The quantitative estimate of drug-likeness (QED) is 0.457. The third-order valence-corrected chi connectivity index (χ3v) is 3.87. The van der Waals surface area contributed by atoms with Gasteiger partial charge in [-0.3, -0.25) is 0 Å². The van der Waals surface area contributed by atoms with E-state index in [1.807, 2.05) is 25.2 Å². The van der Waals surface area contributed by atoms with Crippen molar-refractivity contribution < 1.29 is 0 Å². The summed E-state index contributed by atoms with van der Waals surface area (Å²) in [4.78, 5) is 4.75. The van der Waals surface area contributed by atoms with Crippen LogP contribution in [0.2, 0.25) is 5.02 Å². The number of hydrogen-bond donors (Lipinski definition) is 0. The van der Waals surface area contributed by atoms with Gasteiger partial charge < -0.3 is 4.57 Å². The first-order chi connectivity index (χ1) is 9.24. The maximum Gasteiger partial charge on any atom is 0.141 e. The lowest BCUT2D eigenvalue weighted by Crippen LogP contribution is -1.89. The van der Waals surface area contributed by atoms with E-state index >= 15 is 0 Å². The number of fused-ring (bicyclic) bond motifs is 4. The van der Waals surface area contributed by atoms with E-state index < -0.39 is 0 Å². The second-order valence-corrected chi connectivity index (χ2v) is 5.21. The lowest BCUT2D eigenvalue weighted by atomic mass is 10.1. The van der Waals surface area contributed by atoms with E-state index in [1.54, 1.807) is 0 Å². The molecular formula is C16H11ClN2. The van der Waals surface area contributed by atoms with Crippen molar-refractivity contribution in [2.75, 3.05) is 0 Å². The summed E-state index contributed by atoms with van der Waals surface area (Å²) in [7, 11) is 2.05. The minimum atomic E-state index is 0.720. The molecule has 0 spiro atoms. The highest BCUT2D eigenvalue weighted by Crippen LogP contribution is 2.30. The van der Waals surface area contributed by atoms with E-state index in [2.05, 4.69) is 34.9 Å². The molecule has 0 atom stereocenters. The van der Waals surface area contributed by atoms with Gasteiger partial charge in [0.1, 0.15) is 5.65 Å². The molecule has 0 N–H and O–H groups in total. The molecule has 0 aliphatic heterocycles. The summed E-state index contributed by atoms with van der Waals surface area (Å²) >= 11 is 6.04. The van der Waals surface area contributed by atoms with Gasteiger partial charge in [-0.05, 0) is 24.3 Å². The van der Waals surface area contributed by atoms with Crippen LogP contribution in [0.5, 0.6) is 0 Å². The summed E-state index contributed by atoms with van der Waals surface area (Å²) in [6.45, 7) is 0. The molecule has 2 heterocycles. The molecule has 2 aromatic carbocycles. The molecule has 0 bridgehead atoms. The Kier molecular flexibility index (Phi) is 2.12. The van der Waals surface area contributed by atoms with Crippen LogP contribution in [-0.2, 0) is 7.05 Å². The standard InChI is InChI=1S/C16H11ClN2/c1-19-15-5-3-2-4-12(15)13-8-10-6-7-11(17)9-14(10)18-16(13)19/h2-9H,1H3. The molecule has 0 aliphatic carbocycles. The fraction of sp³-hybridized carbons (Fsp3) is 0.0625. The molecule has 0 aliphatic rings. The molecule has 2 nitrogen and oxygen atoms in total. The van der Waals surface area contributed by atoms with Gasteiger partial charge >= 0.3 is 0 Å². The highest BCUT2D eigenvalue weighted by Gasteiger charge is 2.10. The average molecular weight is 267 g/mol. The number of para-hydroxylation sites is 1. The number of benzene rings is 2. The number of pyridine rings is 1. The largest absolute Gasteiger partial charge is 0.328 e. The first kappa shape index (κ1) is 10.8. The number of hydrogen-bond acceptors (Lipinski definition) is 1. The van der Waals surface area contributed by atoms with E-state index in [0.29, 0.717) is 0 Å². The highest BCUT2D eigenvalue weighted by molar-refractivity contribution is 6.31. The topological polar surface area (TPSA) is 17.8 Å². The zero-order valence-electron chi connectivity index (χ0n) is 10.4. The Balaban J connectivity index is 2.28. The molecule has 0 saturated heterocycles. The Morgan fingerprint density at radius 3 is 2.74 bits per heavy atom. The maximum atomic E-state index is 6.04. The summed E-state index contributed by atoms with van der Waals surface area (Å²) in [5.41, 5.74) is 3.13. The fourth-order valence-electron chi connectivity index (χ4n) is 2.69. The van der Waals surface area contributed by atoms with Gasteiger partial charge in [-0.15, -0.1) is 0 Å². The summed E-state index contributed by atoms with van der Waals surface area (Å²) in [5.74, 6) is 0. The molecular weight excluding hydrogens is 256 g/mol. The van der Waals surface area contributed by atoms with Gasteiger partial charge in [-0.2, -0.15) is 0 Å². The normalized spacial score (nSPS) is 11.7. The van der Waals surface area contributed by atoms with Crippen molar-refractivity contribution in [3.8, 4) is 0 Å². The third kappa shape index (κ3) is 1.47. The van der Waals surface area contributed by atoms with Crippen LogP contribution in [0.3, 0.4) is 0 Å². The number of aromatic nitrogens is 2. The van der Waals surface area contributed by atoms with E-state index in [0.717, 1.165) is 21.6 Å². The summed E-state index contributed by atoms with van der Waals surface area (Å²) in [6.07, 6.45) is 0. The van der Waals surface area contributed by atoms with Gasteiger partial charge in [-0.1, -0.05) is 35.9 Å². The first-order valence-corrected chi connectivity index (χ1v) is 6.55. The van der Waals surface area contributed by atoms with Crippen molar-refractivity contribution >= 4 is 44.4 Å². The van der Waals surface area contributed by atoms with Gasteiger partial charge in [0.05, 0.1) is 11.0 Å². The Morgan fingerprint density at radius 1 is 1.00 bits per heavy atom. The van der Waals surface area contributed by atoms with E-state index in [9.17, 15) is 0 Å². The Morgan fingerprint density at radius 2 is 1.84 bits per heavy atom. The lowest BCUT2D eigenvalue weighted by Gasteiger charge is -2.00. The van der Waals surface area contributed by atoms with Crippen LogP contribution < -0.4 is 0 Å². The Bertz CT molecular complexity index is 938. The lowest BCUT2D eigenvalue weighted by molar-refractivity contribution is 0.994. The predicted molar refractivity (Wildman–Crippen MR) is 80.7 cm³/mol. The van der Waals surface area contributed by atoms with Crippen LogP contribution in [0.15, 0.2) is 48.5 Å². The van der Waals surface area contributed by atoms with Crippen molar-refractivity contribution in [3.63, 3.8) is 0 Å². The fourth-order valence-corrected chi connectivity index (χ4v) is 2.86. The van der Waals surface area contributed by atoms with Crippen molar-refractivity contribution in [2.45, 2.75) is 0 Å². The third-order valence-electron chi connectivity index (χ3n) is 3.63. The second kappa shape index (κ2) is 3.72. The van der Waals surface area contributed by atoms with Crippen molar-refractivity contribution in [1.29, 1.82) is 0 Å². The van der Waals surface area contributed by atoms with E-state index in [-0.39, 0.29) is 0 Å². The van der Waals surface area contributed by atoms with E-state index in [1.165, 1.54) is 16.3 Å². The van der Waals surface area contributed by atoms with Crippen LogP contribution in [0, 0.1) is 0 Å². The summed E-state index contributed by atoms with van der Waals surface area (Å²) in [6, 6.07) is 16.4. The molecule has 0 fully saturated rings. The highest BCUT2D eigenvalue weighted by atomic mass is 35.5. The monoisotopic (exact) mass is 266 g/mol. The van der Waals surface area contributed by atoms with Gasteiger partial charge in [-0.25, -0.2) is 4.98 Å². The van der Waals surface area contributed by atoms with Crippen LogP contribution in [-0.4, -0.2) is 9.55 Å². The first-order valence-electron chi connectivity index (χ1n) is 6.17. The van der Waals surface area contributed by atoms with E-state index in [4.69, 9.17) is 16.6 Å². The zero-order chi connectivity index (χ0) is 13.0. The van der Waals surface area contributed by atoms with Gasteiger partial charge in [0.15, 0.2) is 0 Å². The van der Waals surface area contributed by atoms with Crippen molar-refractivity contribution in [2.24, 2.45) is 7.05 Å². The van der Waals surface area contributed by atoms with Crippen LogP contribution in [0.4, 0.5) is 0 Å². The molecule has 92 valence electrons. The van der Waals surface area contributed by atoms with Gasteiger partial charge in [0.2, 0.25) is 0 Å². The molecule has 4 rings (SSSR count). The second-order valence-electron chi connectivity index (χ2n) is 4.77. The molecule has 2 aromatic heterocycles. The molecule has 0 radical (unpaired) electrons. The van der Waals surface area contributed by atoms with Gasteiger partial charge in [0, 0.05) is 28.2 Å². The SMILES string of the molecule is Cn1c2ccccc2c2cc3ccc(Cl)cc3nc21. The minimum absolute atomic E-state index is 0.720. The van der Waals surface area contributed by atoms with Crippen LogP contribution >= 0.6 is 11.6 Å². The Labute approximate surface area is 115 Å². The smallest absolute Gasteiger partial charge is 0.141 e. The molecule has 19 heavy (non-hydrogen) atoms. The predicted octanol–water partition coefficient (Wildman–Crippen LogP) is 4.53. The van der Waals surface area contributed by atoms with Crippen LogP contribution in [0.1, 0.15) is 0 Å². The number of aryl methyl sites for hydroxylation is 1. The van der Waals surface area contributed by atoms with Crippen molar-refractivity contribution in [3.05, 3.63) is 53.6 Å². The van der Waals surface area contributed by atoms with Crippen molar-refractivity contribution in [1.82, 2.24) is 9.55 Å². The number of rotatable bonds is 0. The number of nitrogens with zero attached hydrogens (tertiary/aromatic N) is 2. The molecule has 3 heteroatoms. The molecule has 0 amide bonds. The maximum absolute atomic E-state index is 6.04. The molecule has 4 aromatic rings. The average Bonchev–Trinajstić information content (AvgIpc) is 2.70. The Hall–Kier alpha value is -2.06. The zero-order valence-corrected chi connectivity index (χ0v) is 11.1. The minimum Gasteiger partial charge on any atom is -0.328 e. The van der Waals surface area contributed by atoms with Crippen LogP contribution in [0.25, 0.3) is 32.8 Å². The molecule has 0 saturated carbocycles. The molecule has 0 unspecified atom stereocenters. The van der Waals surface area contributed by atoms with Gasteiger partial charge in [0.25, 0.3) is 0 Å². The summed E-state index contributed by atoms with van der Waals surface area (Å²) in [5, 5.41) is 4.27. The summed E-state index contributed by atoms with van der Waals surface area (Å²) < 4.78 is 2.13.